The van der Waals surface area contributed by atoms with Crippen LogP contribution < -0.4 is 5.32 Å². The Hall–Kier alpha value is -1.29. The minimum Gasteiger partial charge on any atom is -0.345 e. The molecule has 1 saturated heterocycles. The van der Waals surface area contributed by atoms with Gasteiger partial charge in [0.2, 0.25) is 0 Å². The van der Waals surface area contributed by atoms with Crippen molar-refractivity contribution in [3.63, 3.8) is 0 Å². The molecular weight excluding hydrogens is 238 g/mol. The molecule has 1 aliphatic carbocycles. The van der Waals surface area contributed by atoms with E-state index in [9.17, 15) is 4.79 Å². The molecule has 4 nitrogen and oxygen atoms in total. The molecule has 2 aliphatic rings. The quantitative estimate of drug-likeness (QED) is 0.882. The molecule has 1 aliphatic heterocycles. The Labute approximate surface area is 114 Å². The number of aromatic nitrogens is 1. The standard InChI is InChI=1S/C15H23N3O/c1-10-8-14(12(3)18(10)13-4-5-13)15(19)17-7-6-16-9-11(17)2/h8,11,13,16H,4-7,9H2,1-3H3/t11-/m1/s1. The van der Waals surface area contributed by atoms with Gasteiger partial charge in [-0.05, 0) is 39.7 Å². The second-order valence-electron chi connectivity index (χ2n) is 5.94. The summed E-state index contributed by atoms with van der Waals surface area (Å²) in [7, 11) is 0. The van der Waals surface area contributed by atoms with Crippen LogP contribution in [0.2, 0.25) is 0 Å². The lowest BCUT2D eigenvalue weighted by Crippen LogP contribution is -2.52. The monoisotopic (exact) mass is 261 g/mol. The normalized spacial score (nSPS) is 23.7. The Bertz CT molecular complexity index is 502. The molecule has 2 heterocycles. The SMILES string of the molecule is Cc1cc(C(=O)N2CCNC[C@H]2C)c(C)n1C1CC1. The highest BCUT2D eigenvalue weighted by atomic mass is 16.2. The van der Waals surface area contributed by atoms with Gasteiger partial charge in [0.25, 0.3) is 5.91 Å². The molecule has 0 spiro atoms. The van der Waals surface area contributed by atoms with Crippen molar-refractivity contribution in [3.8, 4) is 0 Å². The smallest absolute Gasteiger partial charge is 0.256 e. The molecule has 1 aromatic rings. The summed E-state index contributed by atoms with van der Waals surface area (Å²) in [6.45, 7) is 8.93. The Kier molecular flexibility index (Phi) is 3.13. The molecule has 1 atom stereocenters. The van der Waals surface area contributed by atoms with E-state index in [-0.39, 0.29) is 11.9 Å². The number of piperazine rings is 1. The summed E-state index contributed by atoms with van der Waals surface area (Å²) in [5, 5.41) is 3.33. The second-order valence-corrected chi connectivity index (χ2v) is 5.94. The van der Waals surface area contributed by atoms with Gasteiger partial charge in [0, 0.05) is 43.1 Å². The predicted molar refractivity (Wildman–Crippen MR) is 75.5 cm³/mol. The van der Waals surface area contributed by atoms with Crippen LogP contribution in [0, 0.1) is 13.8 Å². The molecule has 2 fully saturated rings. The summed E-state index contributed by atoms with van der Waals surface area (Å²) in [5.41, 5.74) is 3.28. The maximum absolute atomic E-state index is 12.7. The first kappa shape index (κ1) is 12.7. The minimum absolute atomic E-state index is 0.203. The van der Waals surface area contributed by atoms with Crippen molar-refractivity contribution in [3.05, 3.63) is 23.0 Å². The fourth-order valence-corrected chi connectivity index (χ4v) is 3.19. The van der Waals surface area contributed by atoms with E-state index in [1.807, 2.05) is 4.90 Å². The summed E-state index contributed by atoms with van der Waals surface area (Å²) >= 11 is 0. The third-order valence-corrected chi connectivity index (χ3v) is 4.39. The maximum atomic E-state index is 12.7. The highest BCUT2D eigenvalue weighted by Crippen LogP contribution is 2.38. The van der Waals surface area contributed by atoms with Crippen LogP contribution in [0.25, 0.3) is 0 Å². The third kappa shape index (κ3) is 2.18. The number of hydrogen-bond acceptors (Lipinski definition) is 2. The molecule has 0 bridgehead atoms. The second kappa shape index (κ2) is 4.67. The van der Waals surface area contributed by atoms with Crippen molar-refractivity contribution in [2.24, 2.45) is 0 Å². The molecule has 104 valence electrons. The van der Waals surface area contributed by atoms with Crippen LogP contribution in [0.4, 0.5) is 0 Å². The Morgan fingerprint density at radius 1 is 1.37 bits per heavy atom. The summed E-state index contributed by atoms with van der Waals surface area (Å²) < 4.78 is 2.35. The van der Waals surface area contributed by atoms with Crippen LogP contribution in [0.15, 0.2) is 6.07 Å². The van der Waals surface area contributed by atoms with E-state index < -0.39 is 0 Å². The molecule has 1 amide bonds. The zero-order chi connectivity index (χ0) is 13.6. The number of nitrogens with zero attached hydrogens (tertiary/aromatic N) is 2. The maximum Gasteiger partial charge on any atom is 0.256 e. The Balaban J connectivity index is 1.89. The van der Waals surface area contributed by atoms with Gasteiger partial charge < -0.3 is 14.8 Å². The van der Waals surface area contributed by atoms with E-state index in [0.29, 0.717) is 6.04 Å². The van der Waals surface area contributed by atoms with E-state index >= 15 is 0 Å². The van der Waals surface area contributed by atoms with Crippen molar-refractivity contribution in [1.82, 2.24) is 14.8 Å². The van der Waals surface area contributed by atoms with Crippen LogP contribution in [0.5, 0.6) is 0 Å². The van der Waals surface area contributed by atoms with E-state index in [1.165, 1.54) is 18.5 Å². The third-order valence-electron chi connectivity index (χ3n) is 4.39. The first-order valence-electron chi connectivity index (χ1n) is 7.29. The zero-order valence-electron chi connectivity index (χ0n) is 12.1. The highest BCUT2D eigenvalue weighted by Gasteiger charge is 2.31. The number of carbonyl (C=O) groups excluding carboxylic acids is 1. The van der Waals surface area contributed by atoms with Crippen LogP contribution in [-0.4, -0.2) is 41.1 Å². The molecule has 4 heteroatoms. The van der Waals surface area contributed by atoms with E-state index in [2.05, 4.69) is 36.7 Å². The van der Waals surface area contributed by atoms with Gasteiger partial charge in [-0.3, -0.25) is 4.79 Å². The largest absolute Gasteiger partial charge is 0.345 e. The molecule has 0 unspecified atom stereocenters. The summed E-state index contributed by atoms with van der Waals surface area (Å²) in [4.78, 5) is 14.7. The Morgan fingerprint density at radius 2 is 2.11 bits per heavy atom. The summed E-state index contributed by atoms with van der Waals surface area (Å²) in [6.07, 6.45) is 2.52. The Morgan fingerprint density at radius 3 is 2.74 bits per heavy atom. The zero-order valence-corrected chi connectivity index (χ0v) is 12.1. The van der Waals surface area contributed by atoms with Crippen LogP contribution >= 0.6 is 0 Å². The molecule has 0 radical (unpaired) electrons. The fraction of sp³-hybridized carbons (Fsp3) is 0.667. The van der Waals surface area contributed by atoms with Crippen LogP contribution in [-0.2, 0) is 0 Å². The fourth-order valence-electron chi connectivity index (χ4n) is 3.19. The molecule has 19 heavy (non-hydrogen) atoms. The lowest BCUT2D eigenvalue weighted by Gasteiger charge is -2.34. The van der Waals surface area contributed by atoms with Crippen molar-refractivity contribution in [1.29, 1.82) is 0 Å². The number of amides is 1. The first-order valence-corrected chi connectivity index (χ1v) is 7.29. The molecule has 1 N–H and O–H groups in total. The van der Waals surface area contributed by atoms with E-state index in [0.717, 1.165) is 30.9 Å². The first-order chi connectivity index (χ1) is 9.09. The van der Waals surface area contributed by atoms with Crippen molar-refractivity contribution in [2.45, 2.75) is 45.7 Å². The van der Waals surface area contributed by atoms with Gasteiger partial charge in [0.15, 0.2) is 0 Å². The number of hydrogen-bond donors (Lipinski definition) is 1. The summed E-state index contributed by atoms with van der Waals surface area (Å²) in [5.74, 6) is 0.203. The van der Waals surface area contributed by atoms with Gasteiger partial charge in [-0.2, -0.15) is 0 Å². The van der Waals surface area contributed by atoms with Crippen molar-refractivity contribution >= 4 is 5.91 Å². The highest BCUT2D eigenvalue weighted by molar-refractivity contribution is 5.96. The van der Waals surface area contributed by atoms with Gasteiger partial charge in [-0.25, -0.2) is 0 Å². The average molecular weight is 261 g/mol. The average Bonchev–Trinajstić information content (AvgIpc) is 3.16. The molecule has 3 rings (SSSR count). The lowest BCUT2D eigenvalue weighted by molar-refractivity contribution is 0.0655. The predicted octanol–water partition coefficient (Wildman–Crippen LogP) is 1.87. The van der Waals surface area contributed by atoms with Gasteiger partial charge >= 0.3 is 0 Å². The van der Waals surface area contributed by atoms with Crippen molar-refractivity contribution in [2.75, 3.05) is 19.6 Å². The van der Waals surface area contributed by atoms with Crippen molar-refractivity contribution < 1.29 is 4.79 Å². The molecule has 1 saturated carbocycles. The number of aryl methyl sites for hydroxylation is 1. The number of nitrogens with one attached hydrogen (secondary N) is 1. The molecule has 1 aromatic heterocycles. The van der Waals surface area contributed by atoms with Gasteiger partial charge in [0.1, 0.15) is 0 Å². The lowest BCUT2D eigenvalue weighted by atomic mass is 10.1. The minimum atomic E-state index is 0.203. The topological polar surface area (TPSA) is 37.3 Å². The van der Waals surface area contributed by atoms with Crippen LogP contribution in [0.3, 0.4) is 0 Å². The van der Waals surface area contributed by atoms with E-state index in [4.69, 9.17) is 0 Å². The molecule has 0 aromatic carbocycles. The van der Waals surface area contributed by atoms with Crippen LogP contribution in [0.1, 0.15) is 47.6 Å². The number of carbonyl (C=O) groups is 1. The molecular formula is C15H23N3O. The number of rotatable bonds is 2. The van der Waals surface area contributed by atoms with Gasteiger partial charge in [-0.15, -0.1) is 0 Å². The summed E-state index contributed by atoms with van der Waals surface area (Å²) in [6, 6.07) is 3.00. The van der Waals surface area contributed by atoms with Gasteiger partial charge in [0.05, 0.1) is 5.56 Å². The van der Waals surface area contributed by atoms with Gasteiger partial charge in [-0.1, -0.05) is 0 Å². The van der Waals surface area contributed by atoms with E-state index in [1.54, 1.807) is 0 Å².